The zero-order valence-electron chi connectivity index (χ0n) is 12.9. The van der Waals surface area contributed by atoms with E-state index in [2.05, 4.69) is 0 Å². The number of anilines is 1. The minimum absolute atomic E-state index is 0.0693. The molecule has 2 heterocycles. The number of ether oxygens (including phenoxy) is 1. The maximum Gasteiger partial charge on any atom is 0.242 e. The van der Waals surface area contributed by atoms with Crippen molar-refractivity contribution >= 4 is 11.6 Å². The quantitative estimate of drug-likeness (QED) is 0.885. The van der Waals surface area contributed by atoms with Gasteiger partial charge in [0.15, 0.2) is 0 Å². The van der Waals surface area contributed by atoms with E-state index in [1.807, 2.05) is 0 Å². The normalized spacial score (nSPS) is 21.3. The number of carbonyl (C=O) groups is 1. The Bertz CT molecular complexity index is 583. The summed E-state index contributed by atoms with van der Waals surface area (Å²) >= 11 is 0. The molecule has 7 heteroatoms. The monoisotopic (exact) mass is 325 g/mol. The molecule has 2 aliphatic rings. The molecular weight excluding hydrogens is 304 g/mol. The SMILES string of the molecule is NC1(C(=O)N2CCN(c3cc(F)ccc3F)CC2)CCOCC1. The zero-order chi connectivity index (χ0) is 16.4. The summed E-state index contributed by atoms with van der Waals surface area (Å²) in [6.07, 6.45) is 1.04. The molecule has 3 rings (SSSR count). The molecule has 5 nitrogen and oxygen atoms in total. The predicted molar refractivity (Wildman–Crippen MR) is 82.1 cm³/mol. The highest BCUT2D eigenvalue weighted by atomic mass is 19.1. The largest absolute Gasteiger partial charge is 0.381 e. The number of hydrogen-bond acceptors (Lipinski definition) is 4. The molecule has 2 saturated heterocycles. The van der Waals surface area contributed by atoms with Gasteiger partial charge < -0.3 is 20.3 Å². The van der Waals surface area contributed by atoms with Crippen molar-refractivity contribution in [2.75, 3.05) is 44.3 Å². The lowest BCUT2D eigenvalue weighted by Crippen LogP contribution is -2.61. The minimum atomic E-state index is -0.857. The number of halogens is 2. The van der Waals surface area contributed by atoms with E-state index in [4.69, 9.17) is 10.5 Å². The van der Waals surface area contributed by atoms with Crippen LogP contribution in [0.3, 0.4) is 0 Å². The highest BCUT2D eigenvalue weighted by molar-refractivity contribution is 5.86. The Balaban J connectivity index is 1.64. The fraction of sp³-hybridized carbons (Fsp3) is 0.562. The van der Waals surface area contributed by atoms with Crippen LogP contribution in [-0.4, -0.2) is 55.7 Å². The van der Waals surface area contributed by atoms with Gasteiger partial charge in [0.2, 0.25) is 5.91 Å². The summed E-state index contributed by atoms with van der Waals surface area (Å²) in [6, 6.07) is 3.41. The van der Waals surface area contributed by atoms with Gasteiger partial charge in [-0.3, -0.25) is 4.79 Å². The molecular formula is C16H21F2N3O2. The number of nitrogens with two attached hydrogens (primary N) is 1. The van der Waals surface area contributed by atoms with Crippen molar-refractivity contribution in [2.24, 2.45) is 5.73 Å². The highest BCUT2D eigenvalue weighted by Crippen LogP contribution is 2.24. The minimum Gasteiger partial charge on any atom is -0.381 e. The maximum absolute atomic E-state index is 13.8. The van der Waals surface area contributed by atoms with Crippen molar-refractivity contribution in [2.45, 2.75) is 18.4 Å². The molecule has 1 aromatic rings. The Labute approximate surface area is 134 Å². The van der Waals surface area contributed by atoms with Crippen molar-refractivity contribution in [3.05, 3.63) is 29.8 Å². The van der Waals surface area contributed by atoms with Crippen molar-refractivity contribution in [3.8, 4) is 0 Å². The van der Waals surface area contributed by atoms with Gasteiger partial charge in [0.1, 0.15) is 11.6 Å². The third-order valence-corrected chi connectivity index (χ3v) is 4.63. The zero-order valence-corrected chi connectivity index (χ0v) is 12.9. The first-order chi connectivity index (χ1) is 11.0. The lowest BCUT2D eigenvalue weighted by Gasteiger charge is -2.41. The van der Waals surface area contributed by atoms with Crippen LogP contribution in [0.15, 0.2) is 18.2 Å². The molecule has 0 aromatic heterocycles. The van der Waals surface area contributed by atoms with Crippen molar-refractivity contribution in [1.82, 2.24) is 4.90 Å². The van der Waals surface area contributed by atoms with Gasteiger partial charge in [-0.1, -0.05) is 0 Å². The van der Waals surface area contributed by atoms with Gasteiger partial charge in [0.25, 0.3) is 0 Å². The molecule has 23 heavy (non-hydrogen) atoms. The van der Waals surface area contributed by atoms with E-state index >= 15 is 0 Å². The number of rotatable bonds is 2. The summed E-state index contributed by atoms with van der Waals surface area (Å²) < 4.78 is 32.4. The van der Waals surface area contributed by atoms with E-state index in [1.54, 1.807) is 9.80 Å². The summed E-state index contributed by atoms with van der Waals surface area (Å²) in [5.74, 6) is -0.992. The molecule has 2 aliphatic heterocycles. The second-order valence-electron chi connectivity index (χ2n) is 6.14. The molecule has 1 aromatic carbocycles. The lowest BCUT2D eigenvalue weighted by atomic mass is 9.89. The van der Waals surface area contributed by atoms with Crippen LogP contribution in [0.25, 0.3) is 0 Å². The number of carbonyl (C=O) groups excluding carboxylic acids is 1. The van der Waals surface area contributed by atoms with E-state index in [1.165, 1.54) is 6.07 Å². The predicted octanol–water partition coefficient (Wildman–Crippen LogP) is 1.12. The number of amides is 1. The number of hydrogen-bond donors (Lipinski definition) is 1. The van der Waals surface area contributed by atoms with Gasteiger partial charge in [-0.05, 0) is 25.0 Å². The molecule has 0 bridgehead atoms. The average molecular weight is 325 g/mol. The Kier molecular flexibility index (Phi) is 4.50. The number of piperazine rings is 1. The van der Waals surface area contributed by atoms with Gasteiger partial charge in [0.05, 0.1) is 11.2 Å². The second-order valence-corrected chi connectivity index (χ2v) is 6.14. The van der Waals surface area contributed by atoms with Gasteiger partial charge in [-0.15, -0.1) is 0 Å². The molecule has 0 unspecified atom stereocenters. The summed E-state index contributed by atoms with van der Waals surface area (Å²) in [5.41, 5.74) is 5.61. The van der Waals surface area contributed by atoms with Gasteiger partial charge in [0, 0.05) is 45.5 Å². The fourth-order valence-corrected chi connectivity index (χ4v) is 3.14. The van der Waals surface area contributed by atoms with Gasteiger partial charge in [-0.2, -0.15) is 0 Å². The van der Waals surface area contributed by atoms with Crippen LogP contribution in [0.5, 0.6) is 0 Å². The first-order valence-electron chi connectivity index (χ1n) is 7.86. The van der Waals surface area contributed by atoms with E-state index in [0.717, 1.165) is 12.1 Å². The Morgan fingerprint density at radius 3 is 2.43 bits per heavy atom. The summed E-state index contributed by atoms with van der Waals surface area (Å²) in [5, 5.41) is 0. The Morgan fingerprint density at radius 2 is 1.78 bits per heavy atom. The maximum atomic E-state index is 13.8. The van der Waals surface area contributed by atoms with E-state index < -0.39 is 17.2 Å². The molecule has 0 spiro atoms. The van der Waals surface area contributed by atoms with Crippen LogP contribution in [0.4, 0.5) is 14.5 Å². The first kappa shape index (κ1) is 16.1. The average Bonchev–Trinajstić information content (AvgIpc) is 2.57. The third kappa shape index (κ3) is 3.30. The summed E-state index contributed by atoms with van der Waals surface area (Å²) in [4.78, 5) is 16.1. The summed E-state index contributed by atoms with van der Waals surface area (Å²) in [7, 11) is 0. The lowest BCUT2D eigenvalue weighted by molar-refractivity contribution is -0.140. The molecule has 2 fully saturated rings. The smallest absolute Gasteiger partial charge is 0.242 e. The summed E-state index contributed by atoms with van der Waals surface area (Å²) in [6.45, 7) is 2.81. The molecule has 0 atom stereocenters. The molecule has 2 N–H and O–H groups in total. The van der Waals surface area contributed by atoms with E-state index in [0.29, 0.717) is 52.2 Å². The van der Waals surface area contributed by atoms with E-state index in [-0.39, 0.29) is 11.6 Å². The van der Waals surface area contributed by atoms with Crippen LogP contribution in [-0.2, 0) is 9.53 Å². The van der Waals surface area contributed by atoms with Crippen molar-refractivity contribution < 1.29 is 18.3 Å². The molecule has 0 saturated carbocycles. The molecule has 126 valence electrons. The Morgan fingerprint density at radius 1 is 1.13 bits per heavy atom. The van der Waals surface area contributed by atoms with Gasteiger partial charge in [-0.25, -0.2) is 8.78 Å². The van der Waals surface area contributed by atoms with E-state index in [9.17, 15) is 13.6 Å². The molecule has 1 amide bonds. The van der Waals surface area contributed by atoms with Crippen LogP contribution in [0.2, 0.25) is 0 Å². The number of benzene rings is 1. The second kappa shape index (κ2) is 6.41. The van der Waals surface area contributed by atoms with Crippen molar-refractivity contribution in [3.63, 3.8) is 0 Å². The molecule has 0 radical (unpaired) electrons. The van der Waals surface area contributed by atoms with Crippen LogP contribution in [0.1, 0.15) is 12.8 Å². The van der Waals surface area contributed by atoms with Crippen LogP contribution >= 0.6 is 0 Å². The standard InChI is InChI=1S/C16H21F2N3O2/c17-12-1-2-13(18)14(11-12)20-5-7-21(8-6-20)15(22)16(19)3-9-23-10-4-16/h1-2,11H,3-10,19H2. The van der Waals surface area contributed by atoms with Crippen LogP contribution in [0, 0.1) is 11.6 Å². The van der Waals surface area contributed by atoms with Crippen molar-refractivity contribution in [1.29, 1.82) is 0 Å². The first-order valence-corrected chi connectivity index (χ1v) is 7.86. The third-order valence-electron chi connectivity index (χ3n) is 4.63. The highest BCUT2D eigenvalue weighted by Gasteiger charge is 2.39. The topological polar surface area (TPSA) is 58.8 Å². The molecule has 0 aliphatic carbocycles. The van der Waals surface area contributed by atoms with Crippen LogP contribution < -0.4 is 10.6 Å². The fourth-order valence-electron chi connectivity index (χ4n) is 3.14. The Hall–Kier alpha value is -1.73. The number of nitrogens with zero attached hydrogens (tertiary/aromatic N) is 2. The van der Waals surface area contributed by atoms with Gasteiger partial charge >= 0.3 is 0 Å².